The fraction of sp³-hybridized carbons (Fsp3) is 0.545. The zero-order chi connectivity index (χ0) is 13.8. The normalized spacial score (nSPS) is 10.7. The minimum absolute atomic E-state index is 0.0435. The molecule has 0 bridgehead atoms. The van der Waals surface area contributed by atoms with E-state index >= 15 is 0 Å². The Kier molecular flexibility index (Phi) is 12.6. The highest BCUT2D eigenvalue weighted by molar-refractivity contribution is 8.23. The number of carboxylic acids is 2. The lowest BCUT2D eigenvalue weighted by molar-refractivity contribution is -0.137. The summed E-state index contributed by atoms with van der Waals surface area (Å²) in [4.78, 5) is 20.5. The van der Waals surface area contributed by atoms with Gasteiger partial charge in [-0.05, 0) is 19.8 Å². The average molecular weight is 278 g/mol. The van der Waals surface area contributed by atoms with Gasteiger partial charge < -0.3 is 10.2 Å². The topological polar surface area (TPSA) is 74.6 Å². The lowest BCUT2D eigenvalue weighted by atomic mass is 10.3. The van der Waals surface area contributed by atoms with Crippen LogP contribution in [0.5, 0.6) is 0 Å². The summed E-state index contributed by atoms with van der Waals surface area (Å²) < 4.78 is 0.428. The molecule has 0 aliphatic heterocycles. The van der Waals surface area contributed by atoms with Crippen molar-refractivity contribution in [2.75, 3.05) is 0 Å². The Balaban J connectivity index is 0. The molecular weight excluding hydrogens is 260 g/mol. The lowest BCUT2D eigenvalue weighted by Crippen LogP contribution is -2.13. The van der Waals surface area contributed by atoms with Gasteiger partial charge in [-0.25, -0.2) is 0 Å². The van der Waals surface area contributed by atoms with Crippen LogP contribution < -0.4 is 0 Å². The molecule has 0 heterocycles. The second kappa shape index (κ2) is 11.6. The summed E-state index contributed by atoms with van der Waals surface area (Å²) in [5.41, 5.74) is 0. The standard InChI is InChI=1S/C7H10O4S2.C4H8/c1-4(7(10)11)13-6(12)3-2-5(8)9;1-3-4-2/h4H,2-3H2,1H3,(H,8,9)(H,10,11);3H,1,4H2,2H3. The SMILES string of the molecule is C=CCC.CC(SC(=S)CCC(=O)O)C(=O)O. The zero-order valence-electron chi connectivity index (χ0n) is 10.0. The van der Waals surface area contributed by atoms with E-state index in [1.807, 2.05) is 6.08 Å². The molecule has 4 nitrogen and oxygen atoms in total. The summed E-state index contributed by atoms with van der Waals surface area (Å²) in [7, 11) is 0. The van der Waals surface area contributed by atoms with E-state index in [1.165, 1.54) is 6.92 Å². The van der Waals surface area contributed by atoms with Gasteiger partial charge in [0.25, 0.3) is 0 Å². The fourth-order valence-corrected chi connectivity index (χ4v) is 1.77. The molecule has 0 amide bonds. The van der Waals surface area contributed by atoms with E-state index in [4.69, 9.17) is 22.4 Å². The Hall–Kier alpha value is -0.880. The Bertz CT molecular complexity index is 277. The van der Waals surface area contributed by atoms with Crippen LogP contribution in [0, 0.1) is 0 Å². The Morgan fingerprint density at radius 1 is 1.41 bits per heavy atom. The van der Waals surface area contributed by atoms with Gasteiger partial charge in [0.2, 0.25) is 0 Å². The summed E-state index contributed by atoms with van der Waals surface area (Å²) in [6, 6.07) is 0. The number of carboxylic acid groups (broad SMARTS) is 2. The minimum Gasteiger partial charge on any atom is -0.481 e. The van der Waals surface area contributed by atoms with Gasteiger partial charge in [-0.3, -0.25) is 9.59 Å². The first-order valence-electron chi connectivity index (χ1n) is 5.10. The van der Waals surface area contributed by atoms with Crippen LogP contribution in [0.4, 0.5) is 0 Å². The third-order valence-electron chi connectivity index (χ3n) is 1.49. The Morgan fingerprint density at radius 3 is 2.18 bits per heavy atom. The first-order valence-corrected chi connectivity index (χ1v) is 6.38. The van der Waals surface area contributed by atoms with Crippen molar-refractivity contribution in [3.8, 4) is 0 Å². The second-order valence-electron chi connectivity index (χ2n) is 3.06. The molecule has 1 unspecified atom stereocenters. The molecule has 0 saturated carbocycles. The monoisotopic (exact) mass is 278 g/mol. The quantitative estimate of drug-likeness (QED) is 0.575. The molecule has 0 fully saturated rings. The predicted octanol–water partition coefficient (Wildman–Crippen LogP) is 2.97. The van der Waals surface area contributed by atoms with Crippen LogP contribution >= 0.6 is 24.0 Å². The number of carbonyl (C=O) groups is 2. The molecular formula is C11H18O4S2. The first kappa shape index (κ1) is 18.5. The number of aliphatic carboxylic acids is 2. The van der Waals surface area contributed by atoms with Crippen molar-refractivity contribution in [3.63, 3.8) is 0 Å². The summed E-state index contributed by atoms with van der Waals surface area (Å²) in [5.74, 6) is -1.87. The maximum absolute atomic E-state index is 10.4. The second-order valence-corrected chi connectivity index (χ2v) is 5.25. The van der Waals surface area contributed by atoms with Gasteiger partial charge in [-0.2, -0.15) is 0 Å². The Labute approximate surface area is 111 Å². The van der Waals surface area contributed by atoms with Crippen LogP contribution in [-0.2, 0) is 9.59 Å². The van der Waals surface area contributed by atoms with Crippen molar-refractivity contribution in [3.05, 3.63) is 12.7 Å². The number of thioether (sulfide) groups is 1. The van der Waals surface area contributed by atoms with E-state index in [-0.39, 0.29) is 12.8 Å². The van der Waals surface area contributed by atoms with Gasteiger partial charge in [0.1, 0.15) is 5.25 Å². The highest BCUT2D eigenvalue weighted by atomic mass is 32.2. The maximum atomic E-state index is 10.4. The van der Waals surface area contributed by atoms with E-state index < -0.39 is 17.2 Å². The van der Waals surface area contributed by atoms with E-state index in [1.54, 1.807) is 0 Å². The van der Waals surface area contributed by atoms with Crippen molar-refractivity contribution in [2.45, 2.75) is 38.4 Å². The van der Waals surface area contributed by atoms with Crippen molar-refractivity contribution >= 4 is 40.1 Å². The van der Waals surface area contributed by atoms with Gasteiger partial charge in [0.05, 0.1) is 6.42 Å². The highest BCUT2D eigenvalue weighted by Crippen LogP contribution is 2.16. The van der Waals surface area contributed by atoms with Crippen molar-refractivity contribution in [1.29, 1.82) is 0 Å². The predicted molar refractivity (Wildman–Crippen MR) is 74.6 cm³/mol. The number of thiocarbonyl (C=S) groups is 1. The van der Waals surface area contributed by atoms with Gasteiger partial charge >= 0.3 is 11.9 Å². The van der Waals surface area contributed by atoms with Gasteiger partial charge in [-0.1, -0.05) is 25.2 Å². The van der Waals surface area contributed by atoms with Crippen LogP contribution in [0.15, 0.2) is 12.7 Å². The van der Waals surface area contributed by atoms with E-state index in [0.717, 1.165) is 18.2 Å². The van der Waals surface area contributed by atoms with Crippen LogP contribution in [0.2, 0.25) is 0 Å². The van der Waals surface area contributed by atoms with Crippen LogP contribution in [-0.4, -0.2) is 31.6 Å². The van der Waals surface area contributed by atoms with Crippen molar-refractivity contribution < 1.29 is 19.8 Å². The smallest absolute Gasteiger partial charge is 0.316 e. The first-order chi connectivity index (χ1) is 7.84. The molecule has 0 radical (unpaired) electrons. The van der Waals surface area contributed by atoms with E-state index in [0.29, 0.717) is 4.20 Å². The van der Waals surface area contributed by atoms with Gasteiger partial charge in [-0.15, -0.1) is 18.3 Å². The average Bonchev–Trinajstić information content (AvgIpc) is 2.26. The molecule has 98 valence electrons. The molecule has 0 aliphatic rings. The molecule has 1 atom stereocenters. The molecule has 0 aromatic rings. The van der Waals surface area contributed by atoms with Crippen LogP contribution in [0.3, 0.4) is 0 Å². The molecule has 0 aliphatic carbocycles. The Morgan fingerprint density at radius 2 is 1.88 bits per heavy atom. The van der Waals surface area contributed by atoms with E-state index in [9.17, 15) is 9.59 Å². The number of allylic oxidation sites excluding steroid dienone is 1. The van der Waals surface area contributed by atoms with Crippen molar-refractivity contribution in [2.24, 2.45) is 0 Å². The number of rotatable bonds is 6. The van der Waals surface area contributed by atoms with Crippen LogP contribution in [0.1, 0.15) is 33.1 Å². The molecule has 0 saturated heterocycles. The summed E-state index contributed by atoms with van der Waals surface area (Å²) in [5, 5.41) is 16.2. The van der Waals surface area contributed by atoms with Crippen LogP contribution in [0.25, 0.3) is 0 Å². The van der Waals surface area contributed by atoms with Crippen molar-refractivity contribution in [1.82, 2.24) is 0 Å². The molecule has 17 heavy (non-hydrogen) atoms. The minimum atomic E-state index is -0.942. The fourth-order valence-electron chi connectivity index (χ4n) is 0.515. The maximum Gasteiger partial charge on any atom is 0.316 e. The van der Waals surface area contributed by atoms with E-state index in [2.05, 4.69) is 13.5 Å². The largest absolute Gasteiger partial charge is 0.481 e. The molecule has 6 heteroatoms. The number of hydrogen-bond donors (Lipinski definition) is 2. The zero-order valence-corrected chi connectivity index (χ0v) is 11.6. The lowest BCUT2D eigenvalue weighted by Gasteiger charge is -2.05. The van der Waals surface area contributed by atoms with Gasteiger partial charge in [0, 0.05) is 4.20 Å². The summed E-state index contributed by atoms with van der Waals surface area (Å²) >= 11 is 5.82. The molecule has 2 N–H and O–H groups in total. The molecule has 0 rings (SSSR count). The highest BCUT2D eigenvalue weighted by Gasteiger charge is 2.14. The molecule has 0 aromatic carbocycles. The summed E-state index contributed by atoms with van der Waals surface area (Å²) in [6.45, 7) is 7.06. The molecule has 0 aromatic heterocycles. The third kappa shape index (κ3) is 15.1. The molecule has 0 spiro atoms. The summed E-state index contributed by atoms with van der Waals surface area (Å²) in [6.07, 6.45) is 3.16. The van der Waals surface area contributed by atoms with Gasteiger partial charge in [0.15, 0.2) is 0 Å². The third-order valence-corrected chi connectivity index (χ3v) is 3.00. The number of hydrogen-bond acceptors (Lipinski definition) is 4.